The fourth-order valence-corrected chi connectivity index (χ4v) is 2.17. The number of pyridine rings is 1. The molecular formula is C10H7ClN2O. The summed E-state index contributed by atoms with van der Waals surface area (Å²) in [6, 6.07) is 1.84. The molecular weight excluding hydrogens is 200 g/mol. The van der Waals surface area contributed by atoms with Gasteiger partial charge in [0, 0.05) is 17.6 Å². The van der Waals surface area contributed by atoms with E-state index < -0.39 is 0 Å². The zero-order valence-corrected chi connectivity index (χ0v) is 8.08. The van der Waals surface area contributed by atoms with Crippen LogP contribution in [0.15, 0.2) is 18.6 Å². The van der Waals surface area contributed by atoms with E-state index in [4.69, 9.17) is 11.6 Å². The summed E-state index contributed by atoms with van der Waals surface area (Å²) in [5, 5.41) is 0.728. The van der Waals surface area contributed by atoms with Gasteiger partial charge < -0.3 is 4.40 Å². The van der Waals surface area contributed by atoms with Gasteiger partial charge in [-0.25, -0.2) is 4.98 Å². The summed E-state index contributed by atoms with van der Waals surface area (Å²) in [5.74, 6) is 0.113. The Morgan fingerprint density at radius 1 is 1.43 bits per heavy atom. The molecule has 0 atom stereocenters. The molecule has 0 N–H and O–H groups in total. The zero-order chi connectivity index (χ0) is 9.71. The van der Waals surface area contributed by atoms with Crippen molar-refractivity contribution in [3.05, 3.63) is 34.9 Å². The summed E-state index contributed by atoms with van der Waals surface area (Å²) in [4.78, 5) is 15.6. The topological polar surface area (TPSA) is 34.4 Å². The number of aryl methyl sites for hydroxylation is 1. The third-order valence-corrected chi connectivity index (χ3v) is 2.97. The van der Waals surface area contributed by atoms with Crippen LogP contribution in [0.25, 0.3) is 5.52 Å². The van der Waals surface area contributed by atoms with Crippen molar-refractivity contribution < 1.29 is 4.79 Å². The number of rotatable bonds is 0. The molecule has 1 aliphatic carbocycles. The number of nitrogens with zero attached hydrogens (tertiary/aromatic N) is 2. The minimum Gasteiger partial charge on any atom is -0.305 e. The largest absolute Gasteiger partial charge is 0.305 e. The van der Waals surface area contributed by atoms with E-state index in [1.54, 1.807) is 6.33 Å². The van der Waals surface area contributed by atoms with Crippen LogP contribution in [-0.2, 0) is 6.42 Å². The number of hydrogen-bond acceptors (Lipinski definition) is 2. The Kier molecular flexibility index (Phi) is 1.47. The Balaban J connectivity index is 2.52. The molecule has 70 valence electrons. The average molecular weight is 207 g/mol. The molecule has 0 fully saturated rings. The van der Waals surface area contributed by atoms with E-state index in [1.807, 2.05) is 16.7 Å². The van der Waals surface area contributed by atoms with Crippen LogP contribution >= 0.6 is 11.6 Å². The predicted octanol–water partition coefficient (Wildman–Crippen LogP) is 2.12. The quantitative estimate of drug-likeness (QED) is 0.662. The van der Waals surface area contributed by atoms with E-state index in [-0.39, 0.29) is 5.78 Å². The highest BCUT2D eigenvalue weighted by Gasteiger charge is 2.23. The van der Waals surface area contributed by atoms with Gasteiger partial charge in [-0.05, 0) is 18.1 Å². The molecule has 4 heteroatoms. The van der Waals surface area contributed by atoms with Crippen molar-refractivity contribution in [3.63, 3.8) is 0 Å². The molecule has 3 nitrogen and oxygen atoms in total. The van der Waals surface area contributed by atoms with Crippen LogP contribution in [0, 0.1) is 0 Å². The fourth-order valence-electron chi connectivity index (χ4n) is 1.93. The number of halogens is 1. The van der Waals surface area contributed by atoms with Crippen LogP contribution in [0.1, 0.15) is 22.5 Å². The number of Topliss-reactive ketones (excluding diaryl/α,β-unsaturated/α-hetero) is 1. The zero-order valence-electron chi connectivity index (χ0n) is 7.33. The Hall–Kier alpha value is -1.35. The first-order chi connectivity index (χ1) is 6.77. The van der Waals surface area contributed by atoms with E-state index in [0.29, 0.717) is 12.1 Å². The maximum Gasteiger partial charge on any atom is 0.183 e. The van der Waals surface area contributed by atoms with E-state index in [0.717, 1.165) is 22.5 Å². The van der Waals surface area contributed by atoms with Gasteiger partial charge in [0.05, 0.1) is 5.52 Å². The summed E-state index contributed by atoms with van der Waals surface area (Å²) < 4.78 is 1.85. The second-order valence-corrected chi connectivity index (χ2v) is 3.82. The van der Waals surface area contributed by atoms with Gasteiger partial charge in [-0.3, -0.25) is 4.79 Å². The Morgan fingerprint density at radius 2 is 2.29 bits per heavy atom. The number of imidazole rings is 1. The maximum absolute atomic E-state index is 11.5. The average Bonchev–Trinajstić information content (AvgIpc) is 2.60. The lowest BCUT2D eigenvalue weighted by Crippen LogP contribution is -2.10. The number of ketones is 1. The Bertz CT molecular complexity index is 544. The third kappa shape index (κ3) is 0.876. The van der Waals surface area contributed by atoms with Crippen LogP contribution in [0.2, 0.25) is 5.02 Å². The first kappa shape index (κ1) is 8.00. The molecule has 1 aliphatic rings. The summed E-state index contributed by atoms with van der Waals surface area (Å²) >= 11 is 6.06. The normalized spacial score (nSPS) is 15.1. The molecule has 0 bridgehead atoms. The van der Waals surface area contributed by atoms with E-state index in [2.05, 4.69) is 4.98 Å². The molecule has 0 amide bonds. The summed E-state index contributed by atoms with van der Waals surface area (Å²) in [5.41, 5.74) is 2.49. The second kappa shape index (κ2) is 2.58. The first-order valence-corrected chi connectivity index (χ1v) is 4.82. The van der Waals surface area contributed by atoms with Crippen molar-refractivity contribution in [2.75, 3.05) is 0 Å². The highest BCUT2D eigenvalue weighted by Crippen LogP contribution is 2.29. The number of aromatic nitrogens is 2. The Morgan fingerprint density at radius 3 is 3.14 bits per heavy atom. The molecule has 0 radical (unpaired) electrons. The predicted molar refractivity (Wildman–Crippen MR) is 52.9 cm³/mol. The molecule has 3 rings (SSSR count). The van der Waals surface area contributed by atoms with Crippen LogP contribution in [0.4, 0.5) is 0 Å². The van der Waals surface area contributed by atoms with E-state index in [1.165, 1.54) is 0 Å². The fraction of sp³-hybridized carbons (Fsp3) is 0.200. The Labute approximate surface area is 85.3 Å². The summed E-state index contributed by atoms with van der Waals surface area (Å²) in [6.07, 6.45) is 4.73. The van der Waals surface area contributed by atoms with Gasteiger partial charge in [-0.1, -0.05) is 11.6 Å². The van der Waals surface area contributed by atoms with Crippen molar-refractivity contribution in [3.8, 4) is 0 Å². The first-order valence-electron chi connectivity index (χ1n) is 4.44. The van der Waals surface area contributed by atoms with E-state index >= 15 is 0 Å². The van der Waals surface area contributed by atoms with Gasteiger partial charge in [0.15, 0.2) is 5.78 Å². The smallest absolute Gasteiger partial charge is 0.183 e. The standard InChI is InChI=1S/C10H7ClN2O/c11-7-3-4-13-5-12-9-8(14)2-1-6(7)10(9)13/h3-5H,1-2H2. The van der Waals surface area contributed by atoms with Crippen LogP contribution in [-0.4, -0.2) is 15.2 Å². The van der Waals surface area contributed by atoms with Crippen LogP contribution in [0.3, 0.4) is 0 Å². The minimum absolute atomic E-state index is 0.113. The molecule has 2 heterocycles. The number of hydrogen-bond donors (Lipinski definition) is 0. The van der Waals surface area contributed by atoms with Crippen molar-refractivity contribution >= 4 is 22.9 Å². The second-order valence-electron chi connectivity index (χ2n) is 3.41. The van der Waals surface area contributed by atoms with Gasteiger partial charge in [-0.15, -0.1) is 0 Å². The molecule has 0 saturated heterocycles. The molecule has 0 saturated carbocycles. The van der Waals surface area contributed by atoms with Crippen molar-refractivity contribution in [2.45, 2.75) is 12.8 Å². The lowest BCUT2D eigenvalue weighted by atomic mass is 9.98. The number of carbonyl (C=O) groups is 1. The summed E-state index contributed by atoms with van der Waals surface area (Å²) in [7, 11) is 0. The van der Waals surface area contributed by atoms with Gasteiger partial charge in [0.1, 0.15) is 12.0 Å². The van der Waals surface area contributed by atoms with Crippen molar-refractivity contribution in [1.29, 1.82) is 0 Å². The van der Waals surface area contributed by atoms with Crippen LogP contribution in [0.5, 0.6) is 0 Å². The van der Waals surface area contributed by atoms with Gasteiger partial charge in [0.25, 0.3) is 0 Å². The molecule has 2 aromatic heterocycles. The minimum atomic E-state index is 0.113. The lowest BCUT2D eigenvalue weighted by molar-refractivity contribution is 0.0977. The van der Waals surface area contributed by atoms with Crippen molar-refractivity contribution in [1.82, 2.24) is 9.38 Å². The SMILES string of the molecule is O=C1CCc2c(Cl)ccn3cnc1c23. The van der Waals surface area contributed by atoms with Crippen LogP contribution < -0.4 is 0 Å². The van der Waals surface area contributed by atoms with Gasteiger partial charge in [0.2, 0.25) is 0 Å². The summed E-state index contributed by atoms with van der Waals surface area (Å²) in [6.45, 7) is 0. The highest BCUT2D eigenvalue weighted by molar-refractivity contribution is 6.32. The molecule has 0 aromatic carbocycles. The lowest BCUT2D eigenvalue weighted by Gasteiger charge is -2.12. The molecule has 2 aromatic rings. The maximum atomic E-state index is 11.5. The monoisotopic (exact) mass is 206 g/mol. The molecule has 0 unspecified atom stereocenters. The molecule has 0 spiro atoms. The van der Waals surface area contributed by atoms with Gasteiger partial charge in [-0.2, -0.15) is 0 Å². The van der Waals surface area contributed by atoms with Crippen molar-refractivity contribution in [2.24, 2.45) is 0 Å². The molecule has 0 aliphatic heterocycles. The highest BCUT2D eigenvalue weighted by atomic mass is 35.5. The number of carbonyl (C=O) groups excluding carboxylic acids is 1. The molecule has 14 heavy (non-hydrogen) atoms. The van der Waals surface area contributed by atoms with E-state index in [9.17, 15) is 4.79 Å². The third-order valence-electron chi connectivity index (χ3n) is 2.62. The van der Waals surface area contributed by atoms with Gasteiger partial charge >= 0.3 is 0 Å².